The molecular formula is C22H30N2O2. The molecule has 1 unspecified atom stereocenters. The zero-order valence-corrected chi connectivity index (χ0v) is 16.3. The lowest BCUT2D eigenvalue weighted by atomic mass is 10.1. The van der Waals surface area contributed by atoms with Crippen molar-refractivity contribution in [2.45, 2.75) is 46.9 Å². The Morgan fingerprint density at radius 1 is 1.00 bits per heavy atom. The number of carbonyl (C=O) groups is 1. The van der Waals surface area contributed by atoms with Crippen LogP contribution in [-0.4, -0.2) is 30.0 Å². The van der Waals surface area contributed by atoms with Crippen molar-refractivity contribution in [1.29, 1.82) is 0 Å². The van der Waals surface area contributed by atoms with Crippen molar-refractivity contribution < 1.29 is 9.53 Å². The van der Waals surface area contributed by atoms with Crippen LogP contribution in [0.15, 0.2) is 48.5 Å². The van der Waals surface area contributed by atoms with Gasteiger partial charge in [0.25, 0.3) is 5.91 Å². The first-order valence-electron chi connectivity index (χ1n) is 9.33. The van der Waals surface area contributed by atoms with Crippen LogP contribution in [0, 0.1) is 6.92 Å². The second-order valence-electron chi connectivity index (χ2n) is 6.57. The zero-order valence-electron chi connectivity index (χ0n) is 16.3. The minimum Gasteiger partial charge on any atom is -0.481 e. The Kier molecular flexibility index (Phi) is 7.67. The molecule has 4 nitrogen and oxygen atoms in total. The van der Waals surface area contributed by atoms with Crippen LogP contribution in [0.4, 0.5) is 0 Å². The number of benzene rings is 2. The Bertz CT molecular complexity index is 676. The van der Waals surface area contributed by atoms with Crippen LogP contribution in [0.2, 0.25) is 0 Å². The van der Waals surface area contributed by atoms with Gasteiger partial charge in [-0.1, -0.05) is 55.8 Å². The molecule has 0 spiro atoms. The molecule has 2 aromatic carbocycles. The van der Waals surface area contributed by atoms with Crippen LogP contribution in [0.1, 0.15) is 37.5 Å². The van der Waals surface area contributed by atoms with Crippen LogP contribution in [0.25, 0.3) is 0 Å². The van der Waals surface area contributed by atoms with Gasteiger partial charge < -0.3 is 10.1 Å². The van der Waals surface area contributed by atoms with Crippen LogP contribution in [0.5, 0.6) is 5.75 Å². The highest BCUT2D eigenvalue weighted by atomic mass is 16.5. The Morgan fingerprint density at radius 3 is 2.15 bits per heavy atom. The van der Waals surface area contributed by atoms with Gasteiger partial charge in [0.05, 0.1) is 0 Å². The lowest BCUT2D eigenvalue weighted by molar-refractivity contribution is -0.127. The minimum atomic E-state index is -0.528. The first kappa shape index (κ1) is 20.0. The standard InChI is InChI=1S/C22H30N2O2/c1-5-24(6-2)16-20-11-9-19(10-12-20)15-23-22(25)18(4)26-21-13-7-17(3)8-14-21/h7-14,18H,5-6,15-16H2,1-4H3,(H,23,25). The molecule has 0 radical (unpaired) electrons. The summed E-state index contributed by atoms with van der Waals surface area (Å²) in [5.74, 6) is 0.594. The van der Waals surface area contributed by atoms with Crippen molar-refractivity contribution in [3.63, 3.8) is 0 Å². The Labute approximate surface area is 157 Å². The van der Waals surface area contributed by atoms with E-state index in [2.05, 4.69) is 48.3 Å². The molecule has 0 aromatic heterocycles. The molecular weight excluding hydrogens is 324 g/mol. The van der Waals surface area contributed by atoms with E-state index >= 15 is 0 Å². The molecule has 2 rings (SSSR count). The third kappa shape index (κ3) is 6.19. The van der Waals surface area contributed by atoms with E-state index in [0.717, 1.165) is 25.2 Å². The average molecular weight is 354 g/mol. The van der Waals surface area contributed by atoms with Crippen molar-refractivity contribution >= 4 is 5.91 Å². The average Bonchev–Trinajstić information content (AvgIpc) is 2.66. The lowest BCUT2D eigenvalue weighted by Crippen LogP contribution is -2.35. The number of ether oxygens (including phenoxy) is 1. The van der Waals surface area contributed by atoms with Crippen molar-refractivity contribution in [2.75, 3.05) is 13.1 Å². The van der Waals surface area contributed by atoms with E-state index in [-0.39, 0.29) is 5.91 Å². The summed E-state index contributed by atoms with van der Waals surface area (Å²) in [6.45, 7) is 11.7. The molecule has 1 amide bonds. The van der Waals surface area contributed by atoms with Crippen molar-refractivity contribution in [1.82, 2.24) is 10.2 Å². The van der Waals surface area contributed by atoms with E-state index < -0.39 is 6.10 Å². The van der Waals surface area contributed by atoms with Gasteiger partial charge in [0.1, 0.15) is 5.75 Å². The van der Waals surface area contributed by atoms with Gasteiger partial charge in [-0.25, -0.2) is 0 Å². The molecule has 0 fully saturated rings. The summed E-state index contributed by atoms with van der Waals surface area (Å²) < 4.78 is 5.69. The molecule has 1 atom stereocenters. The fourth-order valence-corrected chi connectivity index (χ4v) is 2.68. The first-order chi connectivity index (χ1) is 12.5. The highest BCUT2D eigenvalue weighted by Gasteiger charge is 2.14. The van der Waals surface area contributed by atoms with Gasteiger partial charge in [0, 0.05) is 13.1 Å². The van der Waals surface area contributed by atoms with Crippen LogP contribution in [-0.2, 0) is 17.9 Å². The summed E-state index contributed by atoms with van der Waals surface area (Å²) in [7, 11) is 0. The number of carbonyl (C=O) groups excluding carboxylic acids is 1. The number of hydrogen-bond acceptors (Lipinski definition) is 3. The van der Waals surface area contributed by atoms with Gasteiger partial charge in [-0.2, -0.15) is 0 Å². The van der Waals surface area contributed by atoms with Crippen molar-refractivity contribution in [2.24, 2.45) is 0 Å². The van der Waals surface area contributed by atoms with E-state index in [0.29, 0.717) is 12.3 Å². The zero-order chi connectivity index (χ0) is 18.9. The van der Waals surface area contributed by atoms with E-state index in [1.165, 1.54) is 11.1 Å². The predicted octanol–water partition coefficient (Wildman–Crippen LogP) is 3.92. The molecule has 140 valence electrons. The van der Waals surface area contributed by atoms with Crippen LogP contribution in [0.3, 0.4) is 0 Å². The minimum absolute atomic E-state index is 0.113. The molecule has 1 N–H and O–H groups in total. The van der Waals surface area contributed by atoms with Crippen molar-refractivity contribution in [3.8, 4) is 5.75 Å². The van der Waals surface area contributed by atoms with E-state index in [4.69, 9.17) is 4.74 Å². The largest absolute Gasteiger partial charge is 0.481 e. The van der Waals surface area contributed by atoms with Gasteiger partial charge in [0.2, 0.25) is 0 Å². The summed E-state index contributed by atoms with van der Waals surface area (Å²) in [4.78, 5) is 14.6. The highest BCUT2D eigenvalue weighted by Crippen LogP contribution is 2.13. The summed E-state index contributed by atoms with van der Waals surface area (Å²) in [6, 6.07) is 16.1. The molecule has 0 aliphatic rings. The van der Waals surface area contributed by atoms with Gasteiger partial charge in [-0.3, -0.25) is 9.69 Å². The lowest BCUT2D eigenvalue weighted by Gasteiger charge is -2.18. The molecule has 26 heavy (non-hydrogen) atoms. The van der Waals surface area contributed by atoms with Crippen LogP contribution < -0.4 is 10.1 Å². The van der Waals surface area contributed by atoms with Gasteiger partial charge in [0.15, 0.2) is 6.10 Å². The quantitative estimate of drug-likeness (QED) is 0.742. The maximum Gasteiger partial charge on any atom is 0.261 e. The SMILES string of the molecule is CCN(CC)Cc1ccc(CNC(=O)C(C)Oc2ccc(C)cc2)cc1. The Hall–Kier alpha value is -2.33. The number of nitrogens with one attached hydrogen (secondary N) is 1. The van der Waals surface area contributed by atoms with Crippen molar-refractivity contribution in [3.05, 3.63) is 65.2 Å². The second-order valence-corrected chi connectivity index (χ2v) is 6.57. The van der Waals surface area contributed by atoms with Crippen LogP contribution >= 0.6 is 0 Å². The fourth-order valence-electron chi connectivity index (χ4n) is 2.68. The highest BCUT2D eigenvalue weighted by molar-refractivity contribution is 5.80. The monoisotopic (exact) mass is 354 g/mol. The van der Waals surface area contributed by atoms with E-state index in [9.17, 15) is 4.79 Å². The summed E-state index contributed by atoms with van der Waals surface area (Å²) in [5, 5.41) is 2.94. The van der Waals surface area contributed by atoms with Gasteiger partial charge in [-0.05, 0) is 50.2 Å². The summed E-state index contributed by atoms with van der Waals surface area (Å²) in [6.07, 6.45) is -0.528. The maximum atomic E-state index is 12.2. The van der Waals surface area contributed by atoms with E-state index in [1.54, 1.807) is 6.92 Å². The maximum absolute atomic E-state index is 12.2. The number of hydrogen-bond donors (Lipinski definition) is 1. The molecule has 0 aliphatic carbocycles. The third-order valence-electron chi connectivity index (χ3n) is 4.49. The van der Waals surface area contributed by atoms with E-state index in [1.807, 2.05) is 31.2 Å². The molecule has 0 saturated carbocycles. The smallest absolute Gasteiger partial charge is 0.261 e. The topological polar surface area (TPSA) is 41.6 Å². The molecule has 0 bridgehead atoms. The molecule has 4 heteroatoms. The Balaban J connectivity index is 1.81. The number of nitrogens with zero attached hydrogens (tertiary/aromatic N) is 1. The molecule has 2 aromatic rings. The normalized spacial score (nSPS) is 12.0. The summed E-state index contributed by atoms with van der Waals surface area (Å²) >= 11 is 0. The predicted molar refractivity (Wildman–Crippen MR) is 106 cm³/mol. The van der Waals surface area contributed by atoms with Gasteiger partial charge in [-0.15, -0.1) is 0 Å². The molecule has 0 aliphatic heterocycles. The first-order valence-corrected chi connectivity index (χ1v) is 9.33. The van der Waals surface area contributed by atoms with Gasteiger partial charge >= 0.3 is 0 Å². The number of rotatable bonds is 9. The fraction of sp³-hybridized carbons (Fsp3) is 0.409. The third-order valence-corrected chi connectivity index (χ3v) is 4.49. The number of amides is 1. The Morgan fingerprint density at radius 2 is 1.58 bits per heavy atom. The second kappa shape index (κ2) is 9.97. The number of aryl methyl sites for hydroxylation is 1. The molecule has 0 heterocycles. The summed E-state index contributed by atoms with van der Waals surface area (Å²) in [5.41, 5.74) is 3.54. The molecule has 0 saturated heterocycles.